The molecule has 0 unspecified atom stereocenters. The van der Waals surface area contributed by atoms with E-state index in [2.05, 4.69) is 5.32 Å². The Morgan fingerprint density at radius 1 is 1.21 bits per heavy atom. The van der Waals surface area contributed by atoms with Gasteiger partial charge in [0.2, 0.25) is 5.91 Å². The van der Waals surface area contributed by atoms with E-state index in [-0.39, 0.29) is 18.4 Å². The summed E-state index contributed by atoms with van der Waals surface area (Å²) in [5, 5.41) is 3.12. The van der Waals surface area contributed by atoms with Crippen LogP contribution in [0.3, 0.4) is 0 Å². The first-order chi connectivity index (χ1) is 11.6. The van der Waals surface area contributed by atoms with Crippen LogP contribution < -0.4 is 14.8 Å². The molecule has 0 saturated heterocycles. The van der Waals surface area contributed by atoms with Gasteiger partial charge in [0.15, 0.2) is 11.5 Å². The molecular formula is C17H23ClN2O4. The van der Waals surface area contributed by atoms with Crippen molar-refractivity contribution in [3.05, 3.63) is 22.7 Å². The number of hydrogen-bond acceptors (Lipinski definition) is 4. The second-order valence-electron chi connectivity index (χ2n) is 5.56. The Morgan fingerprint density at radius 3 is 2.67 bits per heavy atom. The Morgan fingerprint density at radius 2 is 1.96 bits per heavy atom. The zero-order valence-electron chi connectivity index (χ0n) is 14.1. The maximum atomic E-state index is 12.8. The molecule has 1 aromatic carbocycles. The summed E-state index contributed by atoms with van der Waals surface area (Å²) >= 11 is 6.19. The highest BCUT2D eigenvalue weighted by Crippen LogP contribution is 2.38. The molecule has 1 aromatic rings. The first-order valence-corrected chi connectivity index (χ1v) is 8.59. The number of nitrogens with one attached hydrogen (secondary N) is 1. The Balaban J connectivity index is 2.17. The van der Waals surface area contributed by atoms with Crippen LogP contribution in [0.1, 0.15) is 37.0 Å². The fraction of sp³-hybridized carbons (Fsp3) is 0.529. The summed E-state index contributed by atoms with van der Waals surface area (Å²) in [6.07, 6.45) is 1.61. The van der Waals surface area contributed by atoms with E-state index in [1.54, 1.807) is 12.1 Å². The van der Waals surface area contributed by atoms with Gasteiger partial charge in [-0.15, -0.1) is 0 Å². The number of amides is 2. The van der Waals surface area contributed by atoms with E-state index in [0.29, 0.717) is 48.4 Å². The van der Waals surface area contributed by atoms with Crippen molar-refractivity contribution >= 4 is 23.4 Å². The highest BCUT2D eigenvalue weighted by molar-refractivity contribution is 6.32. The minimum absolute atomic E-state index is 0.0265. The summed E-state index contributed by atoms with van der Waals surface area (Å²) in [6, 6.07) is 3.18. The molecule has 2 rings (SSSR count). The number of hydrogen-bond donors (Lipinski definition) is 1. The zero-order valence-corrected chi connectivity index (χ0v) is 14.8. The summed E-state index contributed by atoms with van der Waals surface area (Å²) in [4.78, 5) is 26.2. The number of carbonyl (C=O) groups excluding carboxylic acids is 2. The molecule has 0 radical (unpaired) electrons. The molecular weight excluding hydrogens is 332 g/mol. The van der Waals surface area contributed by atoms with Crippen LogP contribution in [0.25, 0.3) is 0 Å². The van der Waals surface area contributed by atoms with E-state index in [4.69, 9.17) is 21.1 Å². The van der Waals surface area contributed by atoms with Crippen molar-refractivity contribution in [3.63, 3.8) is 0 Å². The summed E-state index contributed by atoms with van der Waals surface area (Å²) in [5.74, 6) is 0.510. The summed E-state index contributed by atoms with van der Waals surface area (Å²) in [6.45, 7) is 5.90. The van der Waals surface area contributed by atoms with Crippen molar-refractivity contribution in [2.24, 2.45) is 0 Å². The second-order valence-corrected chi connectivity index (χ2v) is 5.97. The van der Waals surface area contributed by atoms with Crippen molar-refractivity contribution < 1.29 is 19.1 Å². The van der Waals surface area contributed by atoms with Crippen LogP contribution in [0.5, 0.6) is 11.5 Å². The summed E-state index contributed by atoms with van der Waals surface area (Å²) < 4.78 is 11.0. The number of fused-ring (bicyclic) bond motifs is 1. The van der Waals surface area contributed by atoms with E-state index in [1.165, 1.54) is 4.90 Å². The van der Waals surface area contributed by atoms with Gasteiger partial charge < -0.3 is 19.7 Å². The lowest BCUT2D eigenvalue weighted by molar-refractivity contribution is -0.121. The molecule has 132 valence electrons. The van der Waals surface area contributed by atoms with E-state index in [9.17, 15) is 9.59 Å². The molecule has 0 saturated carbocycles. The molecule has 0 aliphatic carbocycles. The number of carbonyl (C=O) groups is 2. The Labute approximate surface area is 147 Å². The molecule has 0 bridgehead atoms. The number of ether oxygens (including phenoxy) is 2. The normalized spacial score (nSPS) is 12.6. The van der Waals surface area contributed by atoms with Crippen LogP contribution in [0.4, 0.5) is 0 Å². The van der Waals surface area contributed by atoms with Crippen molar-refractivity contribution in [2.75, 3.05) is 32.8 Å². The van der Waals surface area contributed by atoms with Gasteiger partial charge in [0.25, 0.3) is 5.91 Å². The van der Waals surface area contributed by atoms with Gasteiger partial charge in [0.1, 0.15) is 13.2 Å². The van der Waals surface area contributed by atoms with E-state index in [1.807, 2.05) is 13.8 Å². The highest BCUT2D eigenvalue weighted by Gasteiger charge is 2.23. The molecule has 1 N–H and O–H groups in total. The van der Waals surface area contributed by atoms with Gasteiger partial charge in [-0.2, -0.15) is 0 Å². The van der Waals surface area contributed by atoms with E-state index >= 15 is 0 Å². The molecule has 0 fully saturated rings. The number of rotatable bonds is 7. The lowest BCUT2D eigenvalue weighted by Crippen LogP contribution is -2.41. The van der Waals surface area contributed by atoms with E-state index < -0.39 is 0 Å². The predicted octanol–water partition coefficient (Wildman–Crippen LogP) is 2.49. The fourth-order valence-electron chi connectivity index (χ4n) is 2.43. The van der Waals surface area contributed by atoms with Crippen molar-refractivity contribution in [1.29, 1.82) is 0 Å². The highest BCUT2D eigenvalue weighted by atomic mass is 35.5. The van der Waals surface area contributed by atoms with Crippen LogP contribution in [0.2, 0.25) is 5.02 Å². The molecule has 7 heteroatoms. The SMILES string of the molecule is CCCNC(=O)CN(CCC)C(=O)c1cc(Cl)c2c(c1)OCCO2. The van der Waals surface area contributed by atoms with Crippen molar-refractivity contribution in [2.45, 2.75) is 26.7 Å². The van der Waals surface area contributed by atoms with Crippen LogP contribution in [0, 0.1) is 0 Å². The smallest absolute Gasteiger partial charge is 0.254 e. The lowest BCUT2D eigenvalue weighted by Gasteiger charge is -2.24. The van der Waals surface area contributed by atoms with Crippen LogP contribution in [0.15, 0.2) is 12.1 Å². The van der Waals surface area contributed by atoms with Gasteiger partial charge in [-0.3, -0.25) is 9.59 Å². The van der Waals surface area contributed by atoms with Gasteiger partial charge in [0.05, 0.1) is 11.6 Å². The lowest BCUT2D eigenvalue weighted by atomic mass is 10.1. The van der Waals surface area contributed by atoms with Gasteiger partial charge in [-0.25, -0.2) is 0 Å². The zero-order chi connectivity index (χ0) is 17.5. The molecule has 24 heavy (non-hydrogen) atoms. The Bertz CT molecular complexity index is 606. The largest absolute Gasteiger partial charge is 0.486 e. The minimum atomic E-state index is -0.248. The van der Waals surface area contributed by atoms with Gasteiger partial charge >= 0.3 is 0 Å². The molecule has 0 spiro atoms. The van der Waals surface area contributed by atoms with Crippen molar-refractivity contribution in [1.82, 2.24) is 10.2 Å². The fourth-order valence-corrected chi connectivity index (χ4v) is 2.70. The first-order valence-electron chi connectivity index (χ1n) is 8.21. The predicted molar refractivity (Wildman–Crippen MR) is 91.9 cm³/mol. The average Bonchev–Trinajstić information content (AvgIpc) is 2.59. The van der Waals surface area contributed by atoms with Crippen LogP contribution >= 0.6 is 11.6 Å². The molecule has 1 aliphatic rings. The maximum absolute atomic E-state index is 12.8. The third-order valence-corrected chi connectivity index (χ3v) is 3.81. The van der Waals surface area contributed by atoms with Gasteiger partial charge in [0, 0.05) is 18.7 Å². The number of benzene rings is 1. The third-order valence-electron chi connectivity index (χ3n) is 3.53. The quantitative estimate of drug-likeness (QED) is 0.816. The standard InChI is InChI=1S/C17H23ClN2O4/c1-3-5-19-15(21)11-20(6-4-2)17(22)12-9-13(18)16-14(10-12)23-7-8-24-16/h9-10H,3-8,11H2,1-2H3,(H,19,21). The molecule has 1 aliphatic heterocycles. The van der Waals surface area contributed by atoms with Crippen molar-refractivity contribution in [3.8, 4) is 11.5 Å². The monoisotopic (exact) mass is 354 g/mol. The molecule has 1 heterocycles. The minimum Gasteiger partial charge on any atom is -0.486 e. The first kappa shape index (κ1) is 18.4. The number of nitrogens with zero attached hydrogens (tertiary/aromatic N) is 1. The Hall–Kier alpha value is -1.95. The van der Waals surface area contributed by atoms with E-state index in [0.717, 1.165) is 12.8 Å². The molecule has 2 amide bonds. The summed E-state index contributed by atoms with van der Waals surface area (Å²) in [7, 11) is 0. The molecule has 6 nitrogen and oxygen atoms in total. The van der Waals surface area contributed by atoms with Crippen LogP contribution in [-0.4, -0.2) is 49.6 Å². The second kappa shape index (κ2) is 8.78. The number of halogens is 1. The summed E-state index contributed by atoms with van der Waals surface area (Å²) in [5.41, 5.74) is 0.390. The third kappa shape index (κ3) is 4.54. The van der Waals surface area contributed by atoms with Gasteiger partial charge in [-0.1, -0.05) is 25.4 Å². The topological polar surface area (TPSA) is 67.9 Å². The molecule has 0 aromatic heterocycles. The Kier molecular flexibility index (Phi) is 6.73. The molecule has 0 atom stereocenters. The average molecular weight is 355 g/mol. The van der Waals surface area contributed by atoms with Gasteiger partial charge in [-0.05, 0) is 25.0 Å². The van der Waals surface area contributed by atoms with Crippen LogP contribution in [-0.2, 0) is 4.79 Å². The maximum Gasteiger partial charge on any atom is 0.254 e.